The Morgan fingerprint density at radius 2 is 1.96 bits per heavy atom. The predicted octanol–water partition coefficient (Wildman–Crippen LogP) is 3.50. The van der Waals surface area contributed by atoms with E-state index in [9.17, 15) is 10.1 Å². The van der Waals surface area contributed by atoms with Crippen molar-refractivity contribution >= 4 is 17.7 Å². The van der Waals surface area contributed by atoms with E-state index in [2.05, 4.69) is 5.32 Å². The van der Waals surface area contributed by atoms with Gasteiger partial charge in [0.15, 0.2) is 0 Å². The van der Waals surface area contributed by atoms with Crippen molar-refractivity contribution in [2.45, 2.75) is 6.92 Å². The molecule has 0 aliphatic rings. The molecule has 1 amide bonds. The molecule has 5 nitrogen and oxygen atoms in total. The molecule has 0 radical (unpaired) electrons. The molecule has 0 aliphatic heterocycles. The van der Waals surface area contributed by atoms with Crippen LogP contribution in [0.15, 0.2) is 54.1 Å². The van der Waals surface area contributed by atoms with Gasteiger partial charge in [0.05, 0.1) is 18.2 Å². The van der Waals surface area contributed by atoms with E-state index >= 15 is 0 Å². The summed E-state index contributed by atoms with van der Waals surface area (Å²) in [4.78, 5) is 12.2. The van der Waals surface area contributed by atoms with Gasteiger partial charge in [0.25, 0.3) is 5.91 Å². The van der Waals surface area contributed by atoms with Gasteiger partial charge in [-0.25, -0.2) is 0 Å². The molecule has 1 N–H and O–H groups in total. The van der Waals surface area contributed by atoms with E-state index in [1.807, 2.05) is 19.1 Å². The Morgan fingerprint density at radius 3 is 2.58 bits per heavy atom. The van der Waals surface area contributed by atoms with Gasteiger partial charge < -0.3 is 10.1 Å². The van der Waals surface area contributed by atoms with E-state index in [0.717, 1.165) is 0 Å². The summed E-state index contributed by atoms with van der Waals surface area (Å²) in [6, 6.07) is 17.5. The number of hydrogen-bond donors (Lipinski definition) is 1. The summed E-state index contributed by atoms with van der Waals surface area (Å²) in [6.45, 7) is 2.45. The highest BCUT2D eigenvalue weighted by Crippen LogP contribution is 2.17. The maximum atomic E-state index is 12.2. The lowest BCUT2D eigenvalue weighted by Crippen LogP contribution is -2.13. The third-order valence-electron chi connectivity index (χ3n) is 3.11. The zero-order valence-corrected chi connectivity index (χ0v) is 13.1. The Labute approximate surface area is 140 Å². The van der Waals surface area contributed by atoms with Crippen molar-refractivity contribution in [3.8, 4) is 17.9 Å². The Hall–Kier alpha value is -3.57. The van der Waals surface area contributed by atoms with Gasteiger partial charge in [0.2, 0.25) is 0 Å². The Morgan fingerprint density at radius 1 is 1.21 bits per heavy atom. The first-order valence-electron chi connectivity index (χ1n) is 7.32. The van der Waals surface area contributed by atoms with Gasteiger partial charge in [-0.3, -0.25) is 4.79 Å². The molecule has 118 valence electrons. The van der Waals surface area contributed by atoms with Crippen molar-refractivity contribution < 1.29 is 9.53 Å². The molecule has 24 heavy (non-hydrogen) atoms. The second-order valence-electron chi connectivity index (χ2n) is 4.82. The van der Waals surface area contributed by atoms with Gasteiger partial charge >= 0.3 is 0 Å². The molecular formula is C19H15N3O2. The third kappa shape index (κ3) is 4.46. The lowest BCUT2D eigenvalue weighted by Gasteiger charge is -2.06. The molecule has 0 spiro atoms. The quantitative estimate of drug-likeness (QED) is 0.675. The minimum absolute atomic E-state index is 0.0426. The molecular weight excluding hydrogens is 302 g/mol. The van der Waals surface area contributed by atoms with Crippen molar-refractivity contribution in [3.05, 3.63) is 65.2 Å². The molecule has 0 fully saturated rings. The lowest BCUT2D eigenvalue weighted by molar-refractivity contribution is -0.112. The summed E-state index contributed by atoms with van der Waals surface area (Å²) in [7, 11) is 0. The van der Waals surface area contributed by atoms with Crippen LogP contribution in [-0.4, -0.2) is 12.5 Å². The van der Waals surface area contributed by atoms with Crippen molar-refractivity contribution in [3.63, 3.8) is 0 Å². The minimum Gasteiger partial charge on any atom is -0.494 e. The van der Waals surface area contributed by atoms with Crippen LogP contribution >= 0.6 is 0 Å². The number of nitriles is 2. The van der Waals surface area contributed by atoms with Crippen LogP contribution in [0.2, 0.25) is 0 Å². The van der Waals surface area contributed by atoms with Gasteiger partial charge in [-0.05, 0) is 55.0 Å². The first kappa shape index (κ1) is 16.8. The number of carbonyl (C=O) groups excluding carboxylic acids is 1. The fourth-order valence-corrected chi connectivity index (χ4v) is 2.01. The van der Waals surface area contributed by atoms with E-state index in [4.69, 9.17) is 10.00 Å². The number of ether oxygens (including phenoxy) is 1. The number of hydrogen-bond acceptors (Lipinski definition) is 4. The zero-order chi connectivity index (χ0) is 17.4. The molecule has 0 heterocycles. The molecule has 2 rings (SSSR count). The molecule has 0 aromatic heterocycles. The molecule has 0 aliphatic carbocycles. The second-order valence-corrected chi connectivity index (χ2v) is 4.82. The molecule has 0 unspecified atom stereocenters. The Kier molecular flexibility index (Phi) is 5.71. The number of rotatable bonds is 5. The summed E-state index contributed by atoms with van der Waals surface area (Å²) in [6.07, 6.45) is 1.45. The Bertz CT molecular complexity index is 840. The predicted molar refractivity (Wildman–Crippen MR) is 91.0 cm³/mol. The van der Waals surface area contributed by atoms with E-state index in [1.165, 1.54) is 6.08 Å². The van der Waals surface area contributed by atoms with Crippen LogP contribution in [0.5, 0.6) is 5.75 Å². The number of amides is 1. The van der Waals surface area contributed by atoms with E-state index in [1.54, 1.807) is 48.5 Å². The molecule has 0 saturated carbocycles. The van der Waals surface area contributed by atoms with E-state index in [0.29, 0.717) is 29.2 Å². The molecule has 0 atom stereocenters. The van der Waals surface area contributed by atoms with Crippen molar-refractivity contribution in [2.75, 3.05) is 11.9 Å². The molecule has 0 bridgehead atoms. The van der Waals surface area contributed by atoms with Crippen LogP contribution in [0.4, 0.5) is 5.69 Å². The van der Waals surface area contributed by atoms with Crippen LogP contribution < -0.4 is 10.1 Å². The maximum Gasteiger partial charge on any atom is 0.266 e. The summed E-state index contributed by atoms with van der Waals surface area (Å²) >= 11 is 0. The van der Waals surface area contributed by atoms with Gasteiger partial charge in [-0.15, -0.1) is 0 Å². The van der Waals surface area contributed by atoms with Crippen LogP contribution in [0, 0.1) is 22.7 Å². The van der Waals surface area contributed by atoms with Crippen molar-refractivity contribution in [1.29, 1.82) is 10.5 Å². The average molecular weight is 317 g/mol. The summed E-state index contributed by atoms with van der Waals surface area (Å²) in [5.41, 5.74) is 1.61. The van der Waals surface area contributed by atoms with Gasteiger partial charge in [-0.2, -0.15) is 10.5 Å². The fraction of sp³-hybridized carbons (Fsp3) is 0.105. The molecule has 0 saturated heterocycles. The Balaban J connectivity index is 2.15. The van der Waals surface area contributed by atoms with Crippen molar-refractivity contribution in [1.82, 2.24) is 0 Å². The standard InChI is InChI=1S/C19H15N3O2/c1-2-24-18-8-6-17(7-9-18)22-19(23)16(13-21)11-14-4-3-5-15(10-14)12-20/h3-11H,2H2,1H3,(H,22,23)/b16-11+. The smallest absolute Gasteiger partial charge is 0.266 e. The molecule has 5 heteroatoms. The molecule has 2 aromatic carbocycles. The summed E-state index contributed by atoms with van der Waals surface area (Å²) < 4.78 is 5.33. The first-order chi connectivity index (χ1) is 11.7. The normalized spacial score (nSPS) is 10.4. The molecule has 2 aromatic rings. The van der Waals surface area contributed by atoms with Gasteiger partial charge in [0, 0.05) is 5.69 Å². The lowest BCUT2D eigenvalue weighted by atomic mass is 10.1. The third-order valence-corrected chi connectivity index (χ3v) is 3.11. The first-order valence-corrected chi connectivity index (χ1v) is 7.32. The number of nitrogens with one attached hydrogen (secondary N) is 1. The van der Waals surface area contributed by atoms with Gasteiger partial charge in [0.1, 0.15) is 17.4 Å². The largest absolute Gasteiger partial charge is 0.494 e. The number of anilines is 1. The second kappa shape index (κ2) is 8.17. The number of nitrogens with zero attached hydrogens (tertiary/aromatic N) is 2. The zero-order valence-electron chi connectivity index (χ0n) is 13.1. The van der Waals surface area contributed by atoms with Crippen LogP contribution in [-0.2, 0) is 4.79 Å². The average Bonchev–Trinajstić information content (AvgIpc) is 2.61. The van der Waals surface area contributed by atoms with E-state index < -0.39 is 5.91 Å². The number of benzene rings is 2. The van der Waals surface area contributed by atoms with Crippen LogP contribution in [0.3, 0.4) is 0 Å². The maximum absolute atomic E-state index is 12.2. The summed E-state index contributed by atoms with van der Waals surface area (Å²) in [5.74, 6) is 0.198. The van der Waals surface area contributed by atoms with E-state index in [-0.39, 0.29) is 5.57 Å². The minimum atomic E-state index is -0.510. The van der Waals surface area contributed by atoms with Crippen LogP contribution in [0.1, 0.15) is 18.1 Å². The highest BCUT2D eigenvalue weighted by atomic mass is 16.5. The SMILES string of the molecule is CCOc1ccc(NC(=O)/C(C#N)=C/c2cccc(C#N)c2)cc1. The topological polar surface area (TPSA) is 85.9 Å². The monoisotopic (exact) mass is 317 g/mol. The highest BCUT2D eigenvalue weighted by molar-refractivity contribution is 6.09. The van der Waals surface area contributed by atoms with Gasteiger partial charge in [-0.1, -0.05) is 12.1 Å². The van der Waals surface area contributed by atoms with Crippen molar-refractivity contribution in [2.24, 2.45) is 0 Å². The van der Waals surface area contributed by atoms with Crippen LogP contribution in [0.25, 0.3) is 6.08 Å². The summed E-state index contributed by atoms with van der Waals surface area (Å²) in [5, 5.41) is 20.8. The number of carbonyl (C=O) groups is 1. The fourth-order valence-electron chi connectivity index (χ4n) is 2.01. The highest BCUT2D eigenvalue weighted by Gasteiger charge is 2.09.